The Bertz CT molecular complexity index is 772. The van der Waals surface area contributed by atoms with Gasteiger partial charge in [0.05, 0.1) is 0 Å². The molecule has 0 aliphatic rings. The van der Waals surface area contributed by atoms with Crippen LogP contribution in [0.3, 0.4) is 0 Å². The number of hydrogen-bond acceptors (Lipinski definition) is 5. The molecule has 0 spiro atoms. The summed E-state index contributed by atoms with van der Waals surface area (Å²) in [5, 5.41) is 14.4. The third-order valence-electron chi connectivity index (χ3n) is 2.76. The van der Waals surface area contributed by atoms with E-state index in [1.807, 2.05) is 13.0 Å². The zero-order valence-corrected chi connectivity index (χ0v) is 11.4. The highest BCUT2D eigenvalue weighted by molar-refractivity contribution is 6.30. The molecule has 0 aliphatic carbocycles. The summed E-state index contributed by atoms with van der Waals surface area (Å²) >= 11 is 5.89. The van der Waals surface area contributed by atoms with Crippen molar-refractivity contribution in [3.63, 3.8) is 0 Å². The van der Waals surface area contributed by atoms with Crippen molar-refractivity contribution in [3.05, 3.63) is 46.9 Å². The number of benzene rings is 1. The first-order valence-electron chi connectivity index (χ1n) is 5.92. The Hall–Kier alpha value is -2.34. The van der Waals surface area contributed by atoms with Gasteiger partial charge in [-0.15, -0.1) is 5.10 Å². The molecule has 2 heterocycles. The first kappa shape index (κ1) is 12.7. The first-order chi connectivity index (χ1) is 9.63. The number of ether oxygens (including phenoxy) is 1. The van der Waals surface area contributed by atoms with Gasteiger partial charge in [0.1, 0.15) is 12.4 Å². The van der Waals surface area contributed by atoms with Crippen molar-refractivity contribution in [1.29, 1.82) is 0 Å². The summed E-state index contributed by atoms with van der Waals surface area (Å²) in [5.74, 6) is 1.46. The minimum atomic E-state index is -0.0172. The Labute approximate surface area is 119 Å². The van der Waals surface area contributed by atoms with Gasteiger partial charge in [-0.05, 0) is 30.7 Å². The van der Waals surface area contributed by atoms with Gasteiger partial charge in [0.15, 0.2) is 5.82 Å². The summed E-state index contributed by atoms with van der Waals surface area (Å²) in [5.41, 5.74) is 0.933. The van der Waals surface area contributed by atoms with Crippen LogP contribution in [0, 0.1) is 6.92 Å². The van der Waals surface area contributed by atoms with Gasteiger partial charge in [-0.2, -0.15) is 9.50 Å². The van der Waals surface area contributed by atoms with Crippen molar-refractivity contribution in [2.75, 3.05) is 0 Å². The van der Waals surface area contributed by atoms with Crippen LogP contribution in [-0.2, 0) is 6.61 Å². The molecule has 1 N–H and O–H groups in total. The zero-order valence-electron chi connectivity index (χ0n) is 10.6. The zero-order chi connectivity index (χ0) is 14.1. The maximum Gasteiger partial charge on any atom is 0.255 e. The SMILES string of the molecule is Cc1cc(Cl)ccc1OCc1nc2nccc(O)n2n1. The number of fused-ring (bicyclic) bond motifs is 1. The monoisotopic (exact) mass is 290 g/mol. The molecule has 3 rings (SSSR count). The molecule has 102 valence electrons. The van der Waals surface area contributed by atoms with Crippen LogP contribution in [0.15, 0.2) is 30.5 Å². The summed E-state index contributed by atoms with van der Waals surface area (Å²) in [6.45, 7) is 2.09. The fourth-order valence-corrected chi connectivity index (χ4v) is 2.03. The van der Waals surface area contributed by atoms with Crippen molar-refractivity contribution in [1.82, 2.24) is 19.6 Å². The van der Waals surface area contributed by atoms with Gasteiger partial charge in [-0.25, -0.2) is 4.98 Å². The second-order valence-corrected chi connectivity index (χ2v) is 4.68. The molecule has 0 atom stereocenters. The molecule has 6 nitrogen and oxygen atoms in total. The number of aromatic hydroxyl groups is 1. The Kier molecular flexibility index (Phi) is 3.15. The minimum Gasteiger partial charge on any atom is -0.493 e. The highest BCUT2D eigenvalue weighted by Gasteiger charge is 2.09. The number of rotatable bonds is 3. The molecule has 7 heteroatoms. The molecular formula is C13H11ClN4O2. The van der Waals surface area contributed by atoms with E-state index in [4.69, 9.17) is 16.3 Å². The number of hydrogen-bond donors (Lipinski definition) is 1. The summed E-state index contributed by atoms with van der Waals surface area (Å²) in [6, 6.07) is 6.81. The average molecular weight is 291 g/mol. The van der Waals surface area contributed by atoms with Gasteiger partial charge in [0.2, 0.25) is 5.88 Å². The predicted octanol–water partition coefficient (Wildman–Crippen LogP) is 2.37. The molecule has 3 aromatic rings. The van der Waals surface area contributed by atoms with E-state index in [0.717, 1.165) is 5.56 Å². The highest BCUT2D eigenvalue weighted by Crippen LogP contribution is 2.22. The van der Waals surface area contributed by atoms with E-state index in [1.165, 1.54) is 16.8 Å². The lowest BCUT2D eigenvalue weighted by atomic mass is 10.2. The number of aryl methyl sites for hydroxylation is 1. The Morgan fingerprint density at radius 2 is 2.20 bits per heavy atom. The predicted molar refractivity (Wildman–Crippen MR) is 73.0 cm³/mol. The molecule has 0 bridgehead atoms. The molecule has 0 aliphatic heterocycles. The average Bonchev–Trinajstić information content (AvgIpc) is 2.82. The number of nitrogens with zero attached hydrogens (tertiary/aromatic N) is 4. The van der Waals surface area contributed by atoms with Crippen LogP contribution >= 0.6 is 11.6 Å². The molecule has 2 aromatic heterocycles. The van der Waals surface area contributed by atoms with Crippen LogP contribution in [0.1, 0.15) is 11.4 Å². The van der Waals surface area contributed by atoms with Gasteiger partial charge in [-0.3, -0.25) is 0 Å². The van der Waals surface area contributed by atoms with Crippen LogP contribution in [-0.4, -0.2) is 24.7 Å². The topological polar surface area (TPSA) is 72.5 Å². The van der Waals surface area contributed by atoms with Crippen LogP contribution in [0.25, 0.3) is 5.78 Å². The molecule has 0 amide bonds. The molecule has 0 fully saturated rings. The van der Waals surface area contributed by atoms with E-state index in [0.29, 0.717) is 22.4 Å². The maximum atomic E-state index is 9.61. The molecule has 0 radical (unpaired) electrons. The van der Waals surface area contributed by atoms with Crippen LogP contribution in [0.2, 0.25) is 5.02 Å². The lowest BCUT2D eigenvalue weighted by molar-refractivity contribution is 0.293. The number of halogens is 1. The summed E-state index contributed by atoms with van der Waals surface area (Å²) in [7, 11) is 0. The van der Waals surface area contributed by atoms with E-state index in [2.05, 4.69) is 15.1 Å². The quantitative estimate of drug-likeness (QED) is 0.802. The van der Waals surface area contributed by atoms with Crippen LogP contribution in [0.5, 0.6) is 11.6 Å². The summed E-state index contributed by atoms with van der Waals surface area (Å²) in [4.78, 5) is 8.17. The van der Waals surface area contributed by atoms with Gasteiger partial charge in [0, 0.05) is 17.3 Å². The lowest BCUT2D eigenvalue weighted by Gasteiger charge is -2.06. The van der Waals surface area contributed by atoms with Gasteiger partial charge in [-0.1, -0.05) is 11.6 Å². The summed E-state index contributed by atoms with van der Waals surface area (Å²) in [6.07, 6.45) is 1.47. The standard InChI is InChI=1S/C13H11ClN4O2/c1-8-6-9(14)2-3-10(8)20-7-11-16-13-15-5-4-12(19)18(13)17-11/h2-6,19H,7H2,1H3. The third kappa shape index (κ3) is 2.37. The van der Waals surface area contributed by atoms with E-state index in [9.17, 15) is 5.11 Å². The lowest BCUT2D eigenvalue weighted by Crippen LogP contribution is -1.99. The van der Waals surface area contributed by atoms with Crippen LogP contribution < -0.4 is 4.74 Å². The Morgan fingerprint density at radius 3 is 2.95 bits per heavy atom. The molecular weight excluding hydrogens is 280 g/mol. The molecule has 20 heavy (non-hydrogen) atoms. The van der Waals surface area contributed by atoms with Crippen molar-refractivity contribution in [2.24, 2.45) is 0 Å². The first-order valence-corrected chi connectivity index (χ1v) is 6.30. The van der Waals surface area contributed by atoms with E-state index in [-0.39, 0.29) is 12.5 Å². The minimum absolute atomic E-state index is 0.0172. The Morgan fingerprint density at radius 1 is 1.35 bits per heavy atom. The van der Waals surface area contributed by atoms with Crippen molar-refractivity contribution < 1.29 is 9.84 Å². The largest absolute Gasteiger partial charge is 0.493 e. The van der Waals surface area contributed by atoms with Gasteiger partial charge < -0.3 is 9.84 Å². The van der Waals surface area contributed by atoms with Crippen molar-refractivity contribution in [3.8, 4) is 11.6 Å². The number of aromatic nitrogens is 4. The fraction of sp³-hybridized carbons (Fsp3) is 0.154. The van der Waals surface area contributed by atoms with Crippen LogP contribution in [0.4, 0.5) is 0 Å². The normalized spacial score (nSPS) is 10.9. The second kappa shape index (κ2) is 4.97. The highest BCUT2D eigenvalue weighted by atomic mass is 35.5. The van der Waals surface area contributed by atoms with E-state index in [1.54, 1.807) is 12.1 Å². The molecule has 0 unspecified atom stereocenters. The van der Waals surface area contributed by atoms with E-state index < -0.39 is 0 Å². The third-order valence-corrected chi connectivity index (χ3v) is 2.99. The maximum absolute atomic E-state index is 9.61. The molecule has 0 saturated heterocycles. The van der Waals surface area contributed by atoms with E-state index >= 15 is 0 Å². The van der Waals surface area contributed by atoms with Crippen molar-refractivity contribution in [2.45, 2.75) is 13.5 Å². The second-order valence-electron chi connectivity index (χ2n) is 4.24. The van der Waals surface area contributed by atoms with Gasteiger partial charge >= 0.3 is 0 Å². The van der Waals surface area contributed by atoms with Crippen molar-refractivity contribution >= 4 is 17.4 Å². The molecule has 1 aromatic carbocycles. The van der Waals surface area contributed by atoms with Gasteiger partial charge in [0.25, 0.3) is 5.78 Å². The molecule has 0 saturated carbocycles. The Balaban J connectivity index is 1.81. The smallest absolute Gasteiger partial charge is 0.255 e. The fourth-order valence-electron chi connectivity index (χ4n) is 1.80. The summed E-state index contributed by atoms with van der Waals surface area (Å²) < 4.78 is 6.90.